The normalized spacial score (nSPS) is 11.5. The average molecular weight is 674 g/mol. The Morgan fingerprint density at radius 2 is 1.37 bits per heavy atom. The predicted molar refractivity (Wildman–Crippen MR) is 193 cm³/mol. The van der Waals surface area contributed by atoms with Gasteiger partial charge in [0.2, 0.25) is 5.91 Å². The second-order valence-corrected chi connectivity index (χ2v) is 11.7. The maximum atomic E-state index is 13.8. The molecule has 5 rings (SSSR count). The molecule has 5 aromatic carbocycles. The number of carbonyl (C=O) groups is 3. The number of nitrogens with one attached hydrogen (secondary N) is 3. The fourth-order valence-electron chi connectivity index (χ4n) is 4.86. The van der Waals surface area contributed by atoms with E-state index in [-0.39, 0.29) is 11.6 Å². The van der Waals surface area contributed by atoms with Crippen molar-refractivity contribution in [2.45, 2.75) is 10.1 Å². The van der Waals surface area contributed by atoms with Gasteiger partial charge in [-0.1, -0.05) is 66.7 Å². The molecule has 0 saturated carbocycles. The van der Waals surface area contributed by atoms with E-state index >= 15 is 0 Å². The molecule has 3 N–H and O–H groups in total. The van der Waals surface area contributed by atoms with E-state index in [1.54, 1.807) is 99.2 Å². The number of amides is 3. The molecule has 9 nitrogen and oxygen atoms in total. The standard InChI is InChI=1S/C39H35N3O6S/c1-46-30-22-21-28(35(25-30)48-3)23-33(42-37(43)27-15-8-5-9-16-27)38(44)40-29-17-12-18-31(24-29)49-36(26-13-6-4-7-14-26)39(45)41-32-19-10-11-20-34(32)47-2/h4-25,36H,1-3H3,(H,40,44)(H,41,45)(H,42,43)/b33-23+. The van der Waals surface area contributed by atoms with Crippen molar-refractivity contribution in [1.29, 1.82) is 0 Å². The topological polar surface area (TPSA) is 115 Å². The van der Waals surface area contributed by atoms with E-state index in [2.05, 4.69) is 16.0 Å². The van der Waals surface area contributed by atoms with Gasteiger partial charge in [0, 0.05) is 27.8 Å². The van der Waals surface area contributed by atoms with E-state index in [4.69, 9.17) is 14.2 Å². The number of benzene rings is 5. The summed E-state index contributed by atoms with van der Waals surface area (Å²) in [6.07, 6.45) is 1.54. The van der Waals surface area contributed by atoms with Gasteiger partial charge in [0.05, 0.1) is 27.0 Å². The SMILES string of the molecule is COc1ccc(/C=C(/NC(=O)c2ccccc2)C(=O)Nc2cccc(SC(C(=O)Nc3ccccc3OC)c3ccccc3)c2)c(OC)c1. The summed E-state index contributed by atoms with van der Waals surface area (Å²) in [6, 6.07) is 37.6. The maximum absolute atomic E-state index is 13.8. The fourth-order valence-corrected chi connectivity index (χ4v) is 5.95. The number of carbonyl (C=O) groups excluding carboxylic acids is 3. The molecular formula is C39H35N3O6S. The Morgan fingerprint density at radius 3 is 2.08 bits per heavy atom. The van der Waals surface area contributed by atoms with Crippen molar-refractivity contribution in [1.82, 2.24) is 5.32 Å². The Morgan fingerprint density at radius 1 is 0.673 bits per heavy atom. The number of rotatable bonds is 13. The van der Waals surface area contributed by atoms with E-state index in [0.29, 0.717) is 39.8 Å². The van der Waals surface area contributed by atoms with Crippen LogP contribution in [0.1, 0.15) is 26.7 Å². The van der Waals surface area contributed by atoms with Crippen LogP contribution in [0, 0.1) is 0 Å². The molecule has 0 spiro atoms. The molecule has 10 heteroatoms. The molecule has 248 valence electrons. The summed E-state index contributed by atoms with van der Waals surface area (Å²) >= 11 is 1.33. The minimum absolute atomic E-state index is 0.00581. The first kappa shape index (κ1) is 34.3. The number of anilines is 2. The third kappa shape index (κ3) is 9.09. The molecular weight excluding hydrogens is 639 g/mol. The zero-order valence-corrected chi connectivity index (χ0v) is 28.0. The fraction of sp³-hybridized carbons (Fsp3) is 0.103. The largest absolute Gasteiger partial charge is 0.497 e. The average Bonchev–Trinajstić information content (AvgIpc) is 3.14. The van der Waals surface area contributed by atoms with Crippen molar-refractivity contribution in [3.63, 3.8) is 0 Å². The van der Waals surface area contributed by atoms with Crippen molar-refractivity contribution in [2.24, 2.45) is 0 Å². The van der Waals surface area contributed by atoms with Gasteiger partial charge in [-0.15, -0.1) is 11.8 Å². The molecule has 0 fully saturated rings. The second-order valence-electron chi connectivity index (χ2n) is 10.6. The van der Waals surface area contributed by atoms with Crippen LogP contribution in [0.25, 0.3) is 6.08 Å². The van der Waals surface area contributed by atoms with Crippen LogP contribution in [0.3, 0.4) is 0 Å². The third-order valence-corrected chi connectivity index (χ3v) is 8.57. The van der Waals surface area contributed by atoms with Crippen LogP contribution in [-0.4, -0.2) is 39.1 Å². The van der Waals surface area contributed by atoms with E-state index in [9.17, 15) is 14.4 Å². The lowest BCUT2D eigenvalue weighted by Gasteiger charge is -2.19. The summed E-state index contributed by atoms with van der Waals surface area (Å²) in [6.45, 7) is 0. The molecule has 0 bridgehead atoms. The van der Waals surface area contributed by atoms with Gasteiger partial charge in [0.15, 0.2) is 0 Å². The Hall–Kier alpha value is -6.00. The van der Waals surface area contributed by atoms with Gasteiger partial charge in [-0.05, 0) is 66.2 Å². The highest BCUT2D eigenvalue weighted by atomic mass is 32.2. The van der Waals surface area contributed by atoms with Gasteiger partial charge in [0.25, 0.3) is 11.8 Å². The van der Waals surface area contributed by atoms with E-state index in [0.717, 1.165) is 10.5 Å². The molecule has 0 heterocycles. The monoisotopic (exact) mass is 673 g/mol. The highest BCUT2D eigenvalue weighted by molar-refractivity contribution is 8.00. The maximum Gasteiger partial charge on any atom is 0.272 e. The molecule has 0 aliphatic carbocycles. The number of methoxy groups -OCH3 is 3. The van der Waals surface area contributed by atoms with Gasteiger partial charge in [-0.2, -0.15) is 0 Å². The van der Waals surface area contributed by atoms with Crippen molar-refractivity contribution < 1.29 is 28.6 Å². The van der Waals surface area contributed by atoms with Crippen molar-refractivity contribution >= 4 is 46.9 Å². The zero-order valence-electron chi connectivity index (χ0n) is 27.1. The Labute approximate surface area is 289 Å². The van der Waals surface area contributed by atoms with Crippen LogP contribution in [0.15, 0.2) is 138 Å². The Bertz CT molecular complexity index is 1950. The molecule has 49 heavy (non-hydrogen) atoms. The number of para-hydroxylation sites is 2. The summed E-state index contributed by atoms with van der Waals surface area (Å²) in [5.74, 6) is 0.331. The molecule has 0 aliphatic heterocycles. The second kappa shape index (κ2) is 16.7. The lowest BCUT2D eigenvalue weighted by molar-refractivity contribution is -0.116. The zero-order chi connectivity index (χ0) is 34.6. The summed E-state index contributed by atoms with van der Waals surface area (Å²) < 4.78 is 16.3. The first-order chi connectivity index (χ1) is 23.9. The number of hydrogen-bond acceptors (Lipinski definition) is 7. The van der Waals surface area contributed by atoms with Gasteiger partial charge in [-0.25, -0.2) is 0 Å². The first-order valence-electron chi connectivity index (χ1n) is 15.3. The summed E-state index contributed by atoms with van der Waals surface area (Å²) in [5, 5.41) is 8.02. The van der Waals surface area contributed by atoms with Crippen molar-refractivity contribution in [2.75, 3.05) is 32.0 Å². The molecule has 0 saturated heterocycles. The highest BCUT2D eigenvalue weighted by Crippen LogP contribution is 2.38. The van der Waals surface area contributed by atoms with Crippen LogP contribution in [0.2, 0.25) is 0 Å². The molecule has 0 aromatic heterocycles. The molecule has 5 aromatic rings. The summed E-state index contributed by atoms with van der Waals surface area (Å²) in [4.78, 5) is 41.4. The van der Waals surface area contributed by atoms with Gasteiger partial charge >= 0.3 is 0 Å². The molecule has 1 unspecified atom stereocenters. The van der Waals surface area contributed by atoms with E-state index in [1.807, 2.05) is 48.5 Å². The Balaban J connectivity index is 1.41. The van der Waals surface area contributed by atoms with Crippen molar-refractivity contribution in [3.05, 3.63) is 150 Å². The van der Waals surface area contributed by atoms with Gasteiger partial charge in [-0.3, -0.25) is 14.4 Å². The number of ether oxygens (including phenoxy) is 3. The highest BCUT2D eigenvalue weighted by Gasteiger charge is 2.24. The quantitative estimate of drug-likeness (QED) is 0.0872. The Kier molecular flexibility index (Phi) is 11.7. The summed E-state index contributed by atoms with van der Waals surface area (Å²) in [7, 11) is 4.61. The van der Waals surface area contributed by atoms with Gasteiger partial charge in [0.1, 0.15) is 28.2 Å². The minimum atomic E-state index is -0.625. The van der Waals surface area contributed by atoms with Gasteiger partial charge < -0.3 is 30.2 Å². The van der Waals surface area contributed by atoms with E-state index < -0.39 is 17.1 Å². The number of thioether (sulfide) groups is 1. The molecule has 0 aliphatic rings. The van der Waals surface area contributed by atoms with E-state index in [1.165, 1.54) is 18.9 Å². The predicted octanol–water partition coefficient (Wildman–Crippen LogP) is 7.59. The smallest absolute Gasteiger partial charge is 0.272 e. The first-order valence-corrected chi connectivity index (χ1v) is 16.1. The van der Waals surface area contributed by atoms with Crippen LogP contribution < -0.4 is 30.2 Å². The third-order valence-electron chi connectivity index (χ3n) is 7.32. The molecule has 0 radical (unpaired) electrons. The van der Waals surface area contributed by atoms with Crippen LogP contribution in [0.4, 0.5) is 11.4 Å². The lowest BCUT2D eigenvalue weighted by Crippen LogP contribution is -2.30. The minimum Gasteiger partial charge on any atom is -0.497 e. The molecule has 3 amide bonds. The van der Waals surface area contributed by atoms with Crippen LogP contribution >= 0.6 is 11.8 Å². The van der Waals surface area contributed by atoms with Crippen LogP contribution in [-0.2, 0) is 9.59 Å². The molecule has 1 atom stereocenters. The van der Waals surface area contributed by atoms with Crippen molar-refractivity contribution in [3.8, 4) is 17.2 Å². The lowest BCUT2D eigenvalue weighted by atomic mass is 10.1. The number of hydrogen-bond donors (Lipinski definition) is 3. The van der Waals surface area contributed by atoms with Crippen LogP contribution in [0.5, 0.6) is 17.2 Å². The summed E-state index contributed by atoms with van der Waals surface area (Å²) in [5.41, 5.74) is 2.76.